The summed E-state index contributed by atoms with van der Waals surface area (Å²) in [6, 6.07) is 8.94. The van der Waals surface area contributed by atoms with Gasteiger partial charge in [0.2, 0.25) is 5.91 Å². The second kappa shape index (κ2) is 6.25. The first-order chi connectivity index (χ1) is 9.44. The van der Waals surface area contributed by atoms with E-state index in [4.69, 9.17) is 23.2 Å². The molecule has 0 aliphatic heterocycles. The lowest BCUT2D eigenvalue weighted by molar-refractivity contribution is -0.115. The Hall–Kier alpha value is -1.58. The summed E-state index contributed by atoms with van der Waals surface area (Å²) in [6.07, 6.45) is 0.228. The van der Waals surface area contributed by atoms with Gasteiger partial charge in [-0.1, -0.05) is 29.3 Å². The number of hydrogen-bond acceptors (Lipinski definition) is 2. The number of benzene rings is 1. The van der Waals surface area contributed by atoms with E-state index in [1.54, 1.807) is 18.2 Å². The Balaban J connectivity index is 2.06. The van der Waals surface area contributed by atoms with E-state index in [0.29, 0.717) is 15.9 Å². The molecule has 5 heteroatoms. The van der Waals surface area contributed by atoms with E-state index < -0.39 is 0 Å². The fourth-order valence-electron chi connectivity index (χ4n) is 1.93. The van der Waals surface area contributed by atoms with E-state index in [-0.39, 0.29) is 12.3 Å². The highest BCUT2D eigenvalue weighted by atomic mass is 35.5. The van der Waals surface area contributed by atoms with Crippen molar-refractivity contribution in [3.63, 3.8) is 0 Å². The first kappa shape index (κ1) is 14.8. The van der Waals surface area contributed by atoms with Crippen molar-refractivity contribution in [2.45, 2.75) is 20.3 Å². The highest BCUT2D eigenvalue weighted by Gasteiger charge is 2.07. The quantitative estimate of drug-likeness (QED) is 0.924. The minimum Gasteiger partial charge on any atom is -0.310 e. The van der Waals surface area contributed by atoms with Gasteiger partial charge in [-0.05, 0) is 49.2 Å². The predicted molar refractivity (Wildman–Crippen MR) is 82.5 cm³/mol. The van der Waals surface area contributed by atoms with E-state index in [2.05, 4.69) is 10.3 Å². The summed E-state index contributed by atoms with van der Waals surface area (Å²) >= 11 is 11.8. The Morgan fingerprint density at radius 3 is 2.55 bits per heavy atom. The Morgan fingerprint density at radius 1 is 1.15 bits per heavy atom. The van der Waals surface area contributed by atoms with Gasteiger partial charge in [0.05, 0.1) is 16.5 Å². The minimum atomic E-state index is -0.138. The molecule has 0 spiro atoms. The molecule has 3 nitrogen and oxygen atoms in total. The van der Waals surface area contributed by atoms with Gasteiger partial charge in [0, 0.05) is 5.69 Å². The molecular weight excluding hydrogens is 295 g/mol. The van der Waals surface area contributed by atoms with Crippen LogP contribution in [-0.2, 0) is 11.2 Å². The summed E-state index contributed by atoms with van der Waals surface area (Å²) in [5, 5.41) is 3.70. The van der Waals surface area contributed by atoms with Gasteiger partial charge in [0.15, 0.2) is 0 Å². The number of rotatable bonds is 3. The number of aromatic nitrogens is 1. The van der Waals surface area contributed by atoms with Crippen molar-refractivity contribution in [2.24, 2.45) is 0 Å². The Labute approximate surface area is 127 Å². The van der Waals surface area contributed by atoms with Crippen LogP contribution in [0.2, 0.25) is 10.0 Å². The molecule has 104 valence electrons. The Kier molecular flexibility index (Phi) is 4.63. The van der Waals surface area contributed by atoms with Crippen LogP contribution >= 0.6 is 23.2 Å². The van der Waals surface area contributed by atoms with Crippen molar-refractivity contribution in [1.29, 1.82) is 0 Å². The molecule has 0 aliphatic carbocycles. The molecule has 0 radical (unpaired) electrons. The van der Waals surface area contributed by atoms with Gasteiger partial charge in [-0.25, -0.2) is 4.98 Å². The number of carbonyl (C=O) groups excluding carboxylic acids is 1. The molecule has 0 saturated carbocycles. The second-order valence-corrected chi connectivity index (χ2v) is 5.46. The maximum Gasteiger partial charge on any atom is 0.229 e. The van der Waals surface area contributed by atoms with Crippen molar-refractivity contribution in [3.05, 3.63) is 57.2 Å². The Morgan fingerprint density at radius 2 is 1.90 bits per heavy atom. The van der Waals surface area contributed by atoms with Gasteiger partial charge < -0.3 is 5.32 Å². The lowest BCUT2D eigenvalue weighted by atomic mass is 10.1. The highest BCUT2D eigenvalue weighted by Crippen LogP contribution is 2.23. The molecule has 0 atom stereocenters. The standard InChI is InChI=1S/C15H14Cl2N2O/c1-9-5-10(2)18-14(6-9)19-15(20)8-11-3-4-12(16)13(17)7-11/h3-7H,8H2,1-2H3,(H,18,19,20). The summed E-state index contributed by atoms with van der Waals surface area (Å²) in [5.74, 6) is 0.424. The minimum absolute atomic E-state index is 0.138. The fourth-order valence-corrected chi connectivity index (χ4v) is 2.25. The SMILES string of the molecule is Cc1cc(C)nc(NC(=O)Cc2ccc(Cl)c(Cl)c2)c1. The molecule has 2 aromatic rings. The number of nitrogens with one attached hydrogen (secondary N) is 1. The average Bonchev–Trinajstić information content (AvgIpc) is 2.32. The molecule has 1 heterocycles. The van der Waals surface area contributed by atoms with Crippen LogP contribution in [0.15, 0.2) is 30.3 Å². The van der Waals surface area contributed by atoms with Crippen molar-refractivity contribution in [1.82, 2.24) is 4.98 Å². The molecule has 1 aromatic heterocycles. The molecule has 0 bridgehead atoms. The first-order valence-corrected chi connectivity index (χ1v) is 6.89. The van der Waals surface area contributed by atoms with Gasteiger partial charge in [-0.2, -0.15) is 0 Å². The molecule has 0 saturated heterocycles. The second-order valence-electron chi connectivity index (χ2n) is 4.64. The fraction of sp³-hybridized carbons (Fsp3) is 0.200. The molecule has 1 aromatic carbocycles. The van der Waals surface area contributed by atoms with Crippen LogP contribution in [0, 0.1) is 13.8 Å². The monoisotopic (exact) mass is 308 g/mol. The van der Waals surface area contributed by atoms with Crippen molar-refractivity contribution < 1.29 is 4.79 Å². The van der Waals surface area contributed by atoms with Crippen molar-refractivity contribution in [3.8, 4) is 0 Å². The van der Waals surface area contributed by atoms with Gasteiger partial charge in [0.1, 0.15) is 5.82 Å². The largest absolute Gasteiger partial charge is 0.310 e. The maximum atomic E-state index is 12.0. The van der Waals surface area contributed by atoms with E-state index >= 15 is 0 Å². The third-order valence-electron chi connectivity index (χ3n) is 2.71. The normalized spacial score (nSPS) is 10.4. The zero-order chi connectivity index (χ0) is 14.7. The first-order valence-electron chi connectivity index (χ1n) is 6.13. The summed E-state index contributed by atoms with van der Waals surface area (Å²) in [7, 11) is 0. The van der Waals surface area contributed by atoms with Crippen LogP contribution in [0.25, 0.3) is 0 Å². The molecule has 0 aliphatic rings. The maximum absolute atomic E-state index is 12.0. The molecule has 2 rings (SSSR count). The van der Waals surface area contributed by atoms with Gasteiger partial charge in [0.25, 0.3) is 0 Å². The third-order valence-corrected chi connectivity index (χ3v) is 3.45. The summed E-state index contributed by atoms with van der Waals surface area (Å²) < 4.78 is 0. The summed E-state index contributed by atoms with van der Waals surface area (Å²) in [4.78, 5) is 16.2. The van der Waals surface area contributed by atoms with Gasteiger partial charge in [-0.3, -0.25) is 4.79 Å². The van der Waals surface area contributed by atoms with Crippen LogP contribution in [0.5, 0.6) is 0 Å². The van der Waals surface area contributed by atoms with Crippen LogP contribution in [0.1, 0.15) is 16.8 Å². The zero-order valence-electron chi connectivity index (χ0n) is 11.2. The number of carbonyl (C=O) groups is 1. The van der Waals surface area contributed by atoms with E-state index in [0.717, 1.165) is 16.8 Å². The van der Waals surface area contributed by atoms with Crippen LogP contribution in [-0.4, -0.2) is 10.9 Å². The highest BCUT2D eigenvalue weighted by molar-refractivity contribution is 6.42. The predicted octanol–water partition coefficient (Wildman–Crippen LogP) is 4.19. The number of halogens is 2. The Bertz CT molecular complexity index is 636. The molecule has 0 fully saturated rings. The molecule has 0 unspecified atom stereocenters. The van der Waals surface area contributed by atoms with Crippen molar-refractivity contribution >= 4 is 34.9 Å². The topological polar surface area (TPSA) is 42.0 Å². The van der Waals surface area contributed by atoms with Gasteiger partial charge >= 0.3 is 0 Å². The average molecular weight is 309 g/mol. The lowest BCUT2D eigenvalue weighted by Gasteiger charge is -2.07. The number of pyridine rings is 1. The summed E-state index contributed by atoms with van der Waals surface area (Å²) in [5.41, 5.74) is 2.73. The third kappa shape index (κ3) is 3.95. The molecule has 1 amide bonds. The smallest absolute Gasteiger partial charge is 0.229 e. The summed E-state index contributed by atoms with van der Waals surface area (Å²) in [6.45, 7) is 3.85. The van der Waals surface area contributed by atoms with Crippen LogP contribution in [0.3, 0.4) is 0 Å². The van der Waals surface area contributed by atoms with E-state index in [9.17, 15) is 4.79 Å². The number of hydrogen-bond donors (Lipinski definition) is 1. The van der Waals surface area contributed by atoms with Crippen molar-refractivity contribution in [2.75, 3.05) is 5.32 Å². The van der Waals surface area contributed by atoms with Crippen LogP contribution < -0.4 is 5.32 Å². The number of nitrogens with zero attached hydrogens (tertiary/aromatic N) is 1. The number of aryl methyl sites for hydroxylation is 2. The number of anilines is 1. The number of amides is 1. The molecular formula is C15H14Cl2N2O. The zero-order valence-corrected chi connectivity index (χ0v) is 12.7. The van der Waals surface area contributed by atoms with E-state index in [1.807, 2.05) is 26.0 Å². The van der Waals surface area contributed by atoms with E-state index in [1.165, 1.54) is 0 Å². The van der Waals surface area contributed by atoms with Gasteiger partial charge in [-0.15, -0.1) is 0 Å². The molecule has 1 N–H and O–H groups in total. The van der Waals surface area contributed by atoms with Crippen LogP contribution in [0.4, 0.5) is 5.82 Å². The molecule has 20 heavy (non-hydrogen) atoms. The lowest BCUT2D eigenvalue weighted by Crippen LogP contribution is -2.15.